The van der Waals surface area contributed by atoms with Crippen LogP contribution in [-0.4, -0.2) is 61.8 Å². The Hall–Kier alpha value is -1.73. The zero-order valence-electron chi connectivity index (χ0n) is 17.8. The minimum Gasteiger partial charge on any atom is -0.410 e. The summed E-state index contributed by atoms with van der Waals surface area (Å²) < 4.78 is 37.4. The maximum Gasteiger partial charge on any atom is 0.415 e. The Morgan fingerprint density at radius 2 is 1.79 bits per heavy atom. The van der Waals surface area contributed by atoms with Crippen molar-refractivity contribution < 1.29 is 23.0 Å². The van der Waals surface area contributed by atoms with Crippen molar-refractivity contribution in [2.45, 2.75) is 64.0 Å². The molecule has 164 valence electrons. The molecule has 1 saturated carbocycles. The molecule has 0 radical (unpaired) electrons. The van der Waals surface area contributed by atoms with Gasteiger partial charge in [0.05, 0.1) is 6.10 Å². The van der Waals surface area contributed by atoms with Crippen molar-refractivity contribution in [1.82, 2.24) is 9.80 Å². The van der Waals surface area contributed by atoms with E-state index in [1.54, 1.807) is 11.9 Å². The highest BCUT2D eigenvalue weighted by molar-refractivity contribution is 5.70. The summed E-state index contributed by atoms with van der Waals surface area (Å²) in [6.07, 6.45) is 6.57. The number of carbonyl (C=O) groups is 1. The first-order valence-corrected chi connectivity index (χ1v) is 10.6. The molecule has 0 N–H and O–H groups in total. The summed E-state index contributed by atoms with van der Waals surface area (Å²) in [6, 6.07) is 3.14. The van der Waals surface area contributed by atoms with Crippen molar-refractivity contribution >= 4 is 6.09 Å². The van der Waals surface area contributed by atoms with Crippen LogP contribution in [0.25, 0.3) is 0 Å². The van der Waals surface area contributed by atoms with Crippen molar-refractivity contribution in [2.24, 2.45) is 0 Å². The van der Waals surface area contributed by atoms with Crippen molar-refractivity contribution in [3.8, 4) is 5.75 Å². The molecular formula is C22H34F2N2O3. The Balaban J connectivity index is 1.64. The second kappa shape index (κ2) is 12.1. The van der Waals surface area contributed by atoms with Gasteiger partial charge >= 0.3 is 6.09 Å². The molecule has 7 heteroatoms. The van der Waals surface area contributed by atoms with E-state index in [2.05, 4.69) is 18.9 Å². The second-order valence-corrected chi connectivity index (χ2v) is 7.87. The predicted molar refractivity (Wildman–Crippen MR) is 109 cm³/mol. The predicted octanol–water partition coefficient (Wildman–Crippen LogP) is 4.85. The number of hydrogen-bond acceptors (Lipinski definition) is 4. The Morgan fingerprint density at radius 1 is 1.07 bits per heavy atom. The largest absolute Gasteiger partial charge is 0.415 e. The van der Waals surface area contributed by atoms with Crippen molar-refractivity contribution in [3.63, 3.8) is 0 Å². The van der Waals surface area contributed by atoms with Crippen LogP contribution in [-0.2, 0) is 4.74 Å². The van der Waals surface area contributed by atoms with Crippen molar-refractivity contribution in [2.75, 3.05) is 33.8 Å². The van der Waals surface area contributed by atoms with E-state index in [9.17, 15) is 13.6 Å². The van der Waals surface area contributed by atoms with E-state index >= 15 is 0 Å². The molecule has 0 spiro atoms. The lowest BCUT2D eigenvalue weighted by Crippen LogP contribution is -2.42. The number of rotatable bonds is 10. The Morgan fingerprint density at radius 3 is 2.45 bits per heavy atom. The highest BCUT2D eigenvalue weighted by atomic mass is 19.2. The van der Waals surface area contributed by atoms with E-state index < -0.39 is 17.7 Å². The van der Waals surface area contributed by atoms with Crippen LogP contribution in [0.4, 0.5) is 13.6 Å². The highest BCUT2D eigenvalue weighted by Gasteiger charge is 2.28. The number of halogens is 2. The van der Waals surface area contributed by atoms with Gasteiger partial charge in [0.2, 0.25) is 0 Å². The smallest absolute Gasteiger partial charge is 0.410 e. The molecule has 1 aliphatic carbocycles. The molecule has 29 heavy (non-hydrogen) atoms. The number of benzene rings is 1. The van der Waals surface area contributed by atoms with Gasteiger partial charge in [-0.15, -0.1) is 0 Å². The lowest BCUT2D eigenvalue weighted by atomic mass is 9.92. The number of nitrogens with zero attached hydrogens (tertiary/aromatic N) is 2. The number of ether oxygens (including phenoxy) is 2. The molecule has 0 aliphatic heterocycles. The fourth-order valence-electron chi connectivity index (χ4n) is 3.69. The van der Waals surface area contributed by atoms with Gasteiger partial charge in [-0.2, -0.15) is 0 Å². The molecule has 0 bridgehead atoms. The summed E-state index contributed by atoms with van der Waals surface area (Å²) in [6.45, 7) is 5.21. The van der Waals surface area contributed by atoms with Gasteiger partial charge in [-0.25, -0.2) is 13.6 Å². The maximum absolute atomic E-state index is 13.3. The lowest BCUT2D eigenvalue weighted by molar-refractivity contribution is 0.0101. The zero-order chi connectivity index (χ0) is 21.2. The average molecular weight is 413 g/mol. The maximum atomic E-state index is 13.3. The Kier molecular flexibility index (Phi) is 9.81. The van der Waals surface area contributed by atoms with E-state index in [4.69, 9.17) is 9.47 Å². The van der Waals surface area contributed by atoms with Crippen LogP contribution in [0.5, 0.6) is 5.75 Å². The molecule has 2 rings (SSSR count). The first-order chi connectivity index (χ1) is 13.9. The second-order valence-electron chi connectivity index (χ2n) is 7.87. The normalized spacial score (nSPS) is 19.4. The molecule has 1 fully saturated rings. The van der Waals surface area contributed by atoms with Gasteiger partial charge in [-0.05, 0) is 77.2 Å². The number of carbonyl (C=O) groups excluding carboxylic acids is 1. The first kappa shape index (κ1) is 23.5. The Bertz CT molecular complexity index is 636. The third kappa shape index (κ3) is 7.90. The topological polar surface area (TPSA) is 42.0 Å². The highest BCUT2D eigenvalue weighted by Crippen LogP contribution is 2.26. The summed E-state index contributed by atoms with van der Waals surface area (Å²) in [5.41, 5.74) is 0. The average Bonchev–Trinajstić information content (AvgIpc) is 2.70. The molecule has 0 unspecified atom stereocenters. The van der Waals surface area contributed by atoms with Gasteiger partial charge in [0.1, 0.15) is 5.75 Å². The molecule has 0 aromatic heterocycles. The number of hydrogen-bond donors (Lipinski definition) is 0. The molecule has 1 aromatic carbocycles. The molecular weight excluding hydrogens is 378 g/mol. The third-order valence-corrected chi connectivity index (χ3v) is 5.47. The monoisotopic (exact) mass is 412 g/mol. The van der Waals surface area contributed by atoms with E-state index in [1.165, 1.54) is 12.5 Å². The molecule has 1 amide bonds. The SMILES string of the molecule is CCCN(C)CCCCOC1CCC(N(C)C(=O)Oc2ccc(F)c(F)c2)CC1. The quantitative estimate of drug-likeness (QED) is 0.516. The van der Waals surface area contributed by atoms with Gasteiger partial charge in [-0.3, -0.25) is 0 Å². The van der Waals surface area contributed by atoms with Gasteiger partial charge in [-0.1, -0.05) is 6.92 Å². The molecule has 0 heterocycles. The fraction of sp³-hybridized carbons (Fsp3) is 0.682. The van der Waals surface area contributed by atoms with E-state index in [0.717, 1.165) is 70.4 Å². The van der Waals surface area contributed by atoms with Gasteiger partial charge in [0.25, 0.3) is 0 Å². The van der Waals surface area contributed by atoms with E-state index in [0.29, 0.717) is 0 Å². The molecule has 0 saturated heterocycles. The van der Waals surface area contributed by atoms with Crippen molar-refractivity contribution in [1.29, 1.82) is 0 Å². The zero-order valence-corrected chi connectivity index (χ0v) is 17.8. The Labute approximate surface area is 173 Å². The third-order valence-electron chi connectivity index (χ3n) is 5.47. The lowest BCUT2D eigenvalue weighted by Gasteiger charge is -2.34. The van der Waals surface area contributed by atoms with Crippen LogP contribution in [0.3, 0.4) is 0 Å². The van der Waals surface area contributed by atoms with Crippen LogP contribution >= 0.6 is 0 Å². The summed E-state index contributed by atoms with van der Waals surface area (Å²) >= 11 is 0. The van der Waals surface area contributed by atoms with Crippen LogP contribution in [0.15, 0.2) is 18.2 Å². The van der Waals surface area contributed by atoms with Crippen LogP contribution in [0.1, 0.15) is 51.9 Å². The fourth-order valence-corrected chi connectivity index (χ4v) is 3.69. The standard InChI is InChI=1S/C22H34F2N2O3/c1-4-13-25(2)14-5-6-15-28-18-9-7-17(8-10-18)26(3)22(27)29-19-11-12-20(23)21(24)16-19/h11-12,16-18H,4-10,13-15H2,1-3H3. The van der Waals surface area contributed by atoms with Crippen LogP contribution in [0, 0.1) is 11.6 Å². The minimum absolute atomic E-state index is 0.00218. The van der Waals surface area contributed by atoms with Gasteiger partial charge in [0, 0.05) is 25.8 Å². The summed E-state index contributed by atoms with van der Waals surface area (Å²) in [5.74, 6) is -2.00. The number of amides is 1. The summed E-state index contributed by atoms with van der Waals surface area (Å²) in [5, 5.41) is 0. The molecule has 1 aliphatic rings. The van der Waals surface area contributed by atoms with Crippen LogP contribution in [0.2, 0.25) is 0 Å². The first-order valence-electron chi connectivity index (χ1n) is 10.6. The number of unbranched alkanes of at least 4 members (excludes halogenated alkanes) is 1. The minimum atomic E-state index is -1.03. The summed E-state index contributed by atoms with van der Waals surface area (Å²) in [4.78, 5) is 16.2. The molecule has 0 atom stereocenters. The molecule has 1 aromatic rings. The van der Waals surface area contributed by atoms with E-state index in [1.807, 2.05) is 0 Å². The van der Waals surface area contributed by atoms with Gasteiger partial charge in [0.15, 0.2) is 11.6 Å². The van der Waals surface area contributed by atoms with Crippen molar-refractivity contribution in [3.05, 3.63) is 29.8 Å². The van der Waals surface area contributed by atoms with Gasteiger partial charge < -0.3 is 19.3 Å². The summed E-state index contributed by atoms with van der Waals surface area (Å²) in [7, 11) is 3.83. The molecule has 5 nitrogen and oxygen atoms in total. The van der Waals surface area contributed by atoms with E-state index in [-0.39, 0.29) is 17.9 Å². The van der Waals surface area contributed by atoms with Crippen LogP contribution < -0.4 is 4.74 Å².